The number of alkyl halides is 6. The molecule has 2 aliphatic heterocycles. The highest BCUT2D eigenvalue weighted by molar-refractivity contribution is 5.73. The zero-order chi connectivity index (χ0) is 29.3. The topological polar surface area (TPSA) is 122 Å². The van der Waals surface area contributed by atoms with Crippen LogP contribution < -0.4 is 0 Å². The van der Waals surface area contributed by atoms with Gasteiger partial charge in [0, 0.05) is 42.9 Å². The number of fused-ring (bicyclic) bond motifs is 1. The SMILES string of the molecule is Cc1cccc(COC[C@]23COC[C@H]2CN(Cc2ccccn2)C3)n1.O=C(O)C(F)(F)F.O=C(O)C(F)(F)F. The van der Waals surface area contributed by atoms with Crippen molar-refractivity contribution in [1.29, 1.82) is 0 Å². The molecule has 39 heavy (non-hydrogen) atoms. The van der Waals surface area contributed by atoms with Crippen LogP contribution in [0.25, 0.3) is 0 Å². The van der Waals surface area contributed by atoms with Crippen molar-refractivity contribution in [3.63, 3.8) is 0 Å². The van der Waals surface area contributed by atoms with Crippen LogP contribution in [-0.4, -0.2) is 82.3 Å². The van der Waals surface area contributed by atoms with Crippen molar-refractivity contribution in [3.05, 3.63) is 59.7 Å². The lowest BCUT2D eigenvalue weighted by Crippen LogP contribution is -2.35. The first kappa shape index (κ1) is 31.9. The minimum absolute atomic E-state index is 0.110. The van der Waals surface area contributed by atoms with Gasteiger partial charge in [-0.25, -0.2) is 9.59 Å². The van der Waals surface area contributed by atoms with Gasteiger partial charge in [0.25, 0.3) is 0 Å². The van der Waals surface area contributed by atoms with Gasteiger partial charge in [0.15, 0.2) is 0 Å². The van der Waals surface area contributed by atoms with E-state index in [9.17, 15) is 26.3 Å². The van der Waals surface area contributed by atoms with Gasteiger partial charge in [-0.3, -0.25) is 14.9 Å². The summed E-state index contributed by atoms with van der Waals surface area (Å²) in [7, 11) is 0. The van der Waals surface area contributed by atoms with E-state index in [4.69, 9.17) is 29.3 Å². The largest absolute Gasteiger partial charge is 0.490 e. The van der Waals surface area contributed by atoms with Crippen LogP contribution in [0.3, 0.4) is 0 Å². The summed E-state index contributed by atoms with van der Waals surface area (Å²) in [5, 5.41) is 14.2. The smallest absolute Gasteiger partial charge is 0.475 e. The normalized spacial score (nSPS) is 20.7. The monoisotopic (exact) mass is 567 g/mol. The maximum atomic E-state index is 10.6. The van der Waals surface area contributed by atoms with Gasteiger partial charge in [0.05, 0.1) is 37.8 Å². The van der Waals surface area contributed by atoms with Crippen molar-refractivity contribution in [2.24, 2.45) is 11.3 Å². The van der Waals surface area contributed by atoms with Crippen LogP contribution in [0.5, 0.6) is 0 Å². The van der Waals surface area contributed by atoms with Crippen LogP contribution in [-0.2, 0) is 32.2 Å². The number of aliphatic carboxylic acids is 2. The number of aromatic nitrogens is 2. The number of hydrogen-bond acceptors (Lipinski definition) is 7. The number of carboxylic acids is 2. The van der Waals surface area contributed by atoms with Gasteiger partial charge < -0.3 is 19.7 Å². The van der Waals surface area contributed by atoms with E-state index in [1.165, 1.54) is 0 Å². The average Bonchev–Trinajstić information content (AvgIpc) is 3.36. The molecule has 0 bridgehead atoms. The zero-order valence-corrected chi connectivity index (χ0v) is 20.7. The Kier molecular flexibility index (Phi) is 11.2. The number of carbonyl (C=O) groups is 2. The van der Waals surface area contributed by atoms with E-state index < -0.39 is 24.3 Å². The second kappa shape index (κ2) is 13.7. The molecule has 15 heteroatoms. The van der Waals surface area contributed by atoms with Crippen LogP contribution in [0.2, 0.25) is 0 Å². The summed E-state index contributed by atoms with van der Waals surface area (Å²) in [4.78, 5) is 29.3. The molecule has 0 unspecified atom stereocenters. The summed E-state index contributed by atoms with van der Waals surface area (Å²) >= 11 is 0. The Hall–Kier alpha value is -3.30. The van der Waals surface area contributed by atoms with Crippen molar-refractivity contribution in [2.75, 3.05) is 32.9 Å². The number of pyridine rings is 2. The molecule has 2 fully saturated rings. The van der Waals surface area contributed by atoms with Crippen molar-refractivity contribution in [3.8, 4) is 0 Å². The van der Waals surface area contributed by atoms with Crippen molar-refractivity contribution in [2.45, 2.75) is 32.4 Å². The van der Waals surface area contributed by atoms with E-state index in [1.54, 1.807) is 0 Å². The lowest BCUT2D eigenvalue weighted by Gasteiger charge is -2.27. The van der Waals surface area contributed by atoms with Gasteiger partial charge in [-0.2, -0.15) is 26.3 Å². The summed E-state index contributed by atoms with van der Waals surface area (Å²) in [5.41, 5.74) is 3.26. The van der Waals surface area contributed by atoms with E-state index >= 15 is 0 Å². The predicted octanol–water partition coefficient (Wildman–Crippen LogP) is 3.72. The molecule has 0 saturated carbocycles. The number of ether oxygens (including phenoxy) is 2. The number of carboxylic acid groups (broad SMARTS) is 2. The summed E-state index contributed by atoms with van der Waals surface area (Å²) in [6.45, 7) is 7.90. The fraction of sp³-hybridized carbons (Fsp3) is 0.500. The quantitative estimate of drug-likeness (QED) is 0.503. The molecule has 0 aromatic carbocycles. The minimum atomic E-state index is -5.08. The van der Waals surface area contributed by atoms with Gasteiger partial charge in [-0.05, 0) is 31.2 Å². The molecule has 2 N–H and O–H groups in total. The molecule has 0 radical (unpaired) electrons. The Morgan fingerprint density at radius 1 is 1.05 bits per heavy atom. The number of hydrogen-bond donors (Lipinski definition) is 2. The third-order valence-electron chi connectivity index (χ3n) is 5.77. The second-order valence-corrected chi connectivity index (χ2v) is 8.93. The Morgan fingerprint density at radius 3 is 2.21 bits per heavy atom. The number of likely N-dealkylation sites (tertiary alicyclic amines) is 1. The molecule has 2 aliphatic rings. The molecule has 0 amide bonds. The zero-order valence-electron chi connectivity index (χ0n) is 20.7. The van der Waals surface area contributed by atoms with Crippen molar-refractivity contribution >= 4 is 11.9 Å². The van der Waals surface area contributed by atoms with E-state index in [0.717, 1.165) is 56.5 Å². The number of nitrogens with zero attached hydrogens (tertiary/aromatic N) is 3. The fourth-order valence-corrected chi connectivity index (χ4v) is 4.03. The first-order chi connectivity index (χ1) is 18.1. The van der Waals surface area contributed by atoms with E-state index in [2.05, 4.69) is 27.0 Å². The molecule has 216 valence electrons. The van der Waals surface area contributed by atoms with Gasteiger partial charge in [0.2, 0.25) is 0 Å². The molecule has 2 atom stereocenters. The summed E-state index contributed by atoms with van der Waals surface area (Å²) in [6, 6.07) is 12.2. The first-order valence-electron chi connectivity index (χ1n) is 11.4. The van der Waals surface area contributed by atoms with Gasteiger partial charge in [-0.15, -0.1) is 0 Å². The molecule has 4 rings (SSSR count). The van der Waals surface area contributed by atoms with Crippen LogP contribution in [0, 0.1) is 18.3 Å². The summed E-state index contributed by atoms with van der Waals surface area (Å²) in [5.74, 6) is -4.97. The van der Waals surface area contributed by atoms with Gasteiger partial charge in [-0.1, -0.05) is 12.1 Å². The summed E-state index contributed by atoms with van der Waals surface area (Å²) < 4.78 is 75.3. The average molecular weight is 567 g/mol. The van der Waals surface area contributed by atoms with Gasteiger partial charge in [0.1, 0.15) is 0 Å². The molecule has 0 spiro atoms. The van der Waals surface area contributed by atoms with Crippen LogP contribution in [0.1, 0.15) is 17.1 Å². The Bertz CT molecular complexity index is 1060. The van der Waals surface area contributed by atoms with E-state index in [1.807, 2.05) is 37.4 Å². The first-order valence-corrected chi connectivity index (χ1v) is 11.4. The van der Waals surface area contributed by atoms with Gasteiger partial charge >= 0.3 is 24.3 Å². The number of aryl methyl sites for hydroxylation is 1. The van der Waals surface area contributed by atoms with Crippen LogP contribution in [0.4, 0.5) is 26.3 Å². The highest BCUT2D eigenvalue weighted by Crippen LogP contribution is 2.42. The molecular formula is C24H27F6N3O6. The highest BCUT2D eigenvalue weighted by Gasteiger charge is 2.50. The second-order valence-electron chi connectivity index (χ2n) is 8.93. The molecule has 4 heterocycles. The Balaban J connectivity index is 0.000000317. The molecule has 0 aliphatic carbocycles. The fourth-order valence-electron chi connectivity index (χ4n) is 4.03. The van der Waals surface area contributed by atoms with Crippen molar-refractivity contribution < 1.29 is 55.6 Å². The number of rotatable bonds is 6. The molecule has 2 aromatic rings. The highest BCUT2D eigenvalue weighted by atomic mass is 19.4. The maximum Gasteiger partial charge on any atom is 0.490 e. The maximum absolute atomic E-state index is 10.6. The minimum Gasteiger partial charge on any atom is -0.475 e. The molecule has 2 saturated heterocycles. The van der Waals surface area contributed by atoms with Crippen LogP contribution >= 0.6 is 0 Å². The Morgan fingerprint density at radius 2 is 1.67 bits per heavy atom. The third-order valence-corrected chi connectivity index (χ3v) is 5.77. The van der Waals surface area contributed by atoms with E-state index in [-0.39, 0.29) is 5.41 Å². The van der Waals surface area contributed by atoms with Crippen molar-refractivity contribution in [1.82, 2.24) is 14.9 Å². The molecule has 9 nitrogen and oxygen atoms in total. The Labute approximate surface area is 219 Å². The van der Waals surface area contributed by atoms with Crippen LogP contribution in [0.15, 0.2) is 42.6 Å². The molecular weight excluding hydrogens is 540 g/mol. The predicted molar refractivity (Wildman–Crippen MR) is 122 cm³/mol. The lowest BCUT2D eigenvalue weighted by atomic mass is 9.82. The summed E-state index contributed by atoms with van der Waals surface area (Å²) in [6.07, 6.45) is -8.30. The molecule has 2 aromatic heterocycles. The standard InChI is InChI=1S/C20H25N3O2.2C2HF3O2/c1-16-5-4-7-19(22-16)12-25-15-20-13-23(9-17(20)11-24-14-20)10-18-6-2-3-8-21-18;2*3-2(4,5)1(6)7/h2-8,17H,9-15H2,1H3;2*(H,6,7)/t17-,20+;;/m1../s1. The van der Waals surface area contributed by atoms with E-state index in [0.29, 0.717) is 12.5 Å². The number of halogens is 6. The third kappa shape index (κ3) is 10.4. The lowest BCUT2D eigenvalue weighted by molar-refractivity contribution is -0.193.